The van der Waals surface area contributed by atoms with Gasteiger partial charge in [0, 0.05) is 16.5 Å². The van der Waals surface area contributed by atoms with Crippen molar-refractivity contribution in [1.82, 2.24) is 4.57 Å². The van der Waals surface area contributed by atoms with E-state index in [0.29, 0.717) is 0 Å². The van der Waals surface area contributed by atoms with Gasteiger partial charge >= 0.3 is 0 Å². The van der Waals surface area contributed by atoms with Gasteiger partial charge in [-0.05, 0) is 92.4 Å². The van der Waals surface area contributed by atoms with Gasteiger partial charge in [0.25, 0.3) is 0 Å². The number of para-hydroxylation sites is 1. The molecule has 0 amide bonds. The Morgan fingerprint density at radius 3 is 1.69 bits per heavy atom. The van der Waals surface area contributed by atoms with Crippen molar-refractivity contribution < 1.29 is 0 Å². The van der Waals surface area contributed by atoms with Gasteiger partial charge in [-0.2, -0.15) is 0 Å². The normalized spacial score (nSPS) is 12.9. The van der Waals surface area contributed by atoms with E-state index in [9.17, 15) is 0 Å². The van der Waals surface area contributed by atoms with Crippen molar-refractivity contribution in [3.63, 3.8) is 0 Å². The van der Waals surface area contributed by atoms with E-state index in [2.05, 4.69) is 205 Å². The zero-order valence-electron chi connectivity index (χ0n) is 28.2. The van der Waals surface area contributed by atoms with Crippen LogP contribution in [0, 0.1) is 0 Å². The van der Waals surface area contributed by atoms with E-state index in [4.69, 9.17) is 0 Å². The number of aromatic nitrogens is 1. The summed E-state index contributed by atoms with van der Waals surface area (Å²) in [5.74, 6) is 0. The summed E-state index contributed by atoms with van der Waals surface area (Å²) in [4.78, 5) is 0. The summed E-state index contributed by atoms with van der Waals surface area (Å²) >= 11 is 0. The molecule has 0 atom stereocenters. The molecule has 0 aliphatic heterocycles. The highest BCUT2D eigenvalue weighted by Gasteiger charge is 2.46. The molecule has 0 N–H and O–H groups in total. The third-order valence-electron chi connectivity index (χ3n) is 10.9. The van der Waals surface area contributed by atoms with Crippen LogP contribution in [-0.2, 0) is 11.8 Å². The number of benzene rings is 8. The van der Waals surface area contributed by atoms with E-state index in [1.807, 2.05) is 0 Å². The summed E-state index contributed by atoms with van der Waals surface area (Å²) in [6.45, 7) is 0. The average Bonchev–Trinajstić information content (AvgIpc) is 3.69. The van der Waals surface area contributed by atoms with Crippen LogP contribution < -0.4 is 0 Å². The second kappa shape index (κ2) is 11.9. The molecule has 8 aromatic carbocycles. The first-order valence-electron chi connectivity index (χ1n) is 17.8. The zero-order valence-corrected chi connectivity index (χ0v) is 28.2. The molecule has 0 radical (unpaired) electrons. The third kappa shape index (κ3) is 4.62. The van der Waals surface area contributed by atoms with Gasteiger partial charge in [0.2, 0.25) is 0 Å². The molecule has 1 nitrogen and oxygen atoms in total. The van der Waals surface area contributed by atoms with E-state index < -0.39 is 5.41 Å². The molecule has 240 valence electrons. The topological polar surface area (TPSA) is 4.93 Å². The van der Waals surface area contributed by atoms with Gasteiger partial charge in [0.15, 0.2) is 0 Å². The maximum atomic E-state index is 2.46. The fourth-order valence-corrected chi connectivity index (χ4v) is 8.65. The number of nitrogens with zero attached hydrogens (tertiary/aromatic N) is 1. The van der Waals surface area contributed by atoms with Crippen LogP contribution in [-0.4, -0.2) is 4.57 Å². The van der Waals surface area contributed by atoms with Crippen molar-refractivity contribution in [2.24, 2.45) is 0 Å². The summed E-state index contributed by atoms with van der Waals surface area (Å²) in [6.07, 6.45) is 0.940. The van der Waals surface area contributed by atoms with E-state index >= 15 is 0 Å². The molecule has 0 spiro atoms. The Labute approximate surface area is 298 Å². The Morgan fingerprint density at radius 1 is 0.373 bits per heavy atom. The first kappa shape index (κ1) is 29.5. The van der Waals surface area contributed by atoms with Crippen molar-refractivity contribution in [2.45, 2.75) is 11.8 Å². The molecule has 0 bridgehead atoms. The Morgan fingerprint density at radius 2 is 0.941 bits per heavy atom. The molecule has 1 heteroatoms. The highest BCUT2D eigenvalue weighted by Crippen LogP contribution is 2.56. The predicted molar refractivity (Wildman–Crippen MR) is 213 cm³/mol. The predicted octanol–water partition coefficient (Wildman–Crippen LogP) is 12.4. The summed E-state index contributed by atoms with van der Waals surface area (Å²) in [5.41, 5.74) is 16.1. The molecule has 1 aromatic heterocycles. The summed E-state index contributed by atoms with van der Waals surface area (Å²) in [5, 5.41) is 2.52. The van der Waals surface area contributed by atoms with Gasteiger partial charge < -0.3 is 4.57 Å². The average molecular weight is 650 g/mol. The number of rotatable bonds is 6. The maximum absolute atomic E-state index is 2.46. The van der Waals surface area contributed by atoms with Gasteiger partial charge in [-0.25, -0.2) is 0 Å². The van der Waals surface area contributed by atoms with Crippen molar-refractivity contribution in [3.05, 3.63) is 234 Å². The van der Waals surface area contributed by atoms with Crippen molar-refractivity contribution >= 4 is 21.8 Å². The van der Waals surface area contributed by atoms with Crippen LogP contribution in [0.3, 0.4) is 0 Å². The van der Waals surface area contributed by atoms with Crippen molar-refractivity contribution in [1.29, 1.82) is 0 Å². The van der Waals surface area contributed by atoms with E-state index in [0.717, 1.165) is 6.42 Å². The summed E-state index contributed by atoms with van der Waals surface area (Å²) < 4.78 is 2.46. The fraction of sp³-hybridized carbons (Fsp3) is 0.0400. The lowest BCUT2D eigenvalue weighted by Gasteiger charge is -2.34. The largest absolute Gasteiger partial charge is 0.309 e. The lowest BCUT2D eigenvalue weighted by Crippen LogP contribution is -2.28. The SMILES string of the molecule is c1ccc(Cc2ccc(-c3ccc4c(c3)c3ccccc3n4-c3ccc4c(c3)C(c3ccccc3)(c3ccccc3)c3ccccc3-4)cc2)cc1. The molecule has 10 rings (SSSR count). The molecular weight excluding hydrogens is 615 g/mol. The number of hydrogen-bond acceptors (Lipinski definition) is 0. The van der Waals surface area contributed by atoms with Gasteiger partial charge in [0.1, 0.15) is 0 Å². The summed E-state index contributed by atoms with van der Waals surface area (Å²) in [7, 11) is 0. The first-order valence-corrected chi connectivity index (χ1v) is 17.8. The van der Waals surface area contributed by atoms with E-state index in [1.54, 1.807) is 0 Å². The molecule has 9 aromatic rings. The second-order valence-electron chi connectivity index (χ2n) is 13.7. The van der Waals surface area contributed by atoms with Gasteiger partial charge in [-0.3, -0.25) is 0 Å². The molecular formula is C50H35N. The van der Waals surface area contributed by atoms with E-state index in [1.165, 1.54) is 83.1 Å². The molecule has 51 heavy (non-hydrogen) atoms. The lowest BCUT2D eigenvalue weighted by molar-refractivity contribution is 0.767. The van der Waals surface area contributed by atoms with Crippen LogP contribution in [0.5, 0.6) is 0 Å². The lowest BCUT2D eigenvalue weighted by atomic mass is 9.67. The van der Waals surface area contributed by atoms with E-state index in [-0.39, 0.29) is 0 Å². The first-order chi connectivity index (χ1) is 25.3. The van der Waals surface area contributed by atoms with Gasteiger partial charge in [0.05, 0.1) is 16.4 Å². The van der Waals surface area contributed by atoms with Crippen LogP contribution in [0.4, 0.5) is 0 Å². The minimum atomic E-state index is -0.441. The highest BCUT2D eigenvalue weighted by molar-refractivity contribution is 6.10. The molecule has 0 fully saturated rings. The third-order valence-corrected chi connectivity index (χ3v) is 10.9. The Kier molecular flexibility index (Phi) is 6.85. The highest BCUT2D eigenvalue weighted by atomic mass is 15.0. The van der Waals surface area contributed by atoms with Gasteiger partial charge in [-0.1, -0.05) is 170 Å². The van der Waals surface area contributed by atoms with Gasteiger partial charge in [-0.15, -0.1) is 0 Å². The monoisotopic (exact) mass is 649 g/mol. The molecule has 0 saturated heterocycles. The quantitative estimate of drug-likeness (QED) is 0.169. The molecule has 0 unspecified atom stereocenters. The maximum Gasteiger partial charge on any atom is 0.0714 e. The van der Waals surface area contributed by atoms with Crippen LogP contribution in [0.2, 0.25) is 0 Å². The molecule has 0 saturated carbocycles. The molecule has 1 heterocycles. The number of hydrogen-bond donors (Lipinski definition) is 0. The van der Waals surface area contributed by atoms with Crippen molar-refractivity contribution in [2.75, 3.05) is 0 Å². The molecule has 1 aliphatic rings. The van der Waals surface area contributed by atoms with Crippen molar-refractivity contribution in [3.8, 4) is 27.9 Å². The second-order valence-corrected chi connectivity index (χ2v) is 13.7. The van der Waals surface area contributed by atoms with Crippen LogP contribution in [0.25, 0.3) is 49.7 Å². The minimum Gasteiger partial charge on any atom is -0.309 e. The standard InChI is InChI=1S/C50H35N/c1-4-14-35(15-5-1)32-36-24-26-37(27-25-36)38-28-31-49-45(33-38)44-21-11-13-23-48(44)51(49)41-29-30-43-42-20-10-12-22-46(42)50(47(43)34-41,39-16-6-2-7-17-39)40-18-8-3-9-19-40/h1-31,33-34H,32H2. The van der Waals surface area contributed by atoms with Crippen LogP contribution in [0.1, 0.15) is 33.4 Å². The fourth-order valence-electron chi connectivity index (χ4n) is 8.65. The smallest absolute Gasteiger partial charge is 0.0714 e. The Hall–Kier alpha value is -6.44. The minimum absolute atomic E-state index is 0.441. The zero-order chi connectivity index (χ0) is 33.8. The number of fused-ring (bicyclic) bond motifs is 6. The van der Waals surface area contributed by atoms with Crippen LogP contribution in [0.15, 0.2) is 200 Å². The van der Waals surface area contributed by atoms with Crippen LogP contribution >= 0.6 is 0 Å². The summed E-state index contributed by atoms with van der Waals surface area (Å²) in [6, 6.07) is 73.8. The Balaban J connectivity index is 1.15. The Bertz CT molecular complexity index is 2640. The molecule has 1 aliphatic carbocycles.